The molecule has 5 heteroatoms. The van der Waals surface area contributed by atoms with Crippen LogP contribution in [0.1, 0.15) is 30.6 Å². The number of carbonyl (C=O) groups is 1. The lowest BCUT2D eigenvalue weighted by Crippen LogP contribution is -2.29. The van der Waals surface area contributed by atoms with E-state index in [0.717, 1.165) is 26.1 Å². The normalized spacial score (nSPS) is 10.7. The summed E-state index contributed by atoms with van der Waals surface area (Å²) in [5, 5.41) is 12.6. The Morgan fingerprint density at radius 1 is 1.37 bits per heavy atom. The largest absolute Gasteiger partial charge is 0.478 e. The van der Waals surface area contributed by atoms with Crippen LogP contribution in [0.5, 0.6) is 0 Å². The van der Waals surface area contributed by atoms with Crippen LogP contribution in [-0.4, -0.2) is 42.2 Å². The molecule has 2 N–H and O–H groups in total. The monoisotopic (exact) mass is 284 g/mol. The number of nitrogens with zero attached hydrogens (tertiary/aromatic N) is 1. The van der Waals surface area contributed by atoms with Gasteiger partial charge in [0.15, 0.2) is 0 Å². The Morgan fingerprint density at radius 2 is 2.11 bits per heavy atom. The first-order valence-electron chi connectivity index (χ1n) is 6.58. The van der Waals surface area contributed by atoms with Crippen LogP contribution in [0.4, 0.5) is 5.69 Å². The number of benzene rings is 1. The van der Waals surface area contributed by atoms with Crippen molar-refractivity contribution in [3.63, 3.8) is 0 Å². The molecule has 0 heterocycles. The molecule has 106 valence electrons. The lowest BCUT2D eigenvalue weighted by molar-refractivity contribution is 0.0698. The van der Waals surface area contributed by atoms with Crippen molar-refractivity contribution in [2.24, 2.45) is 0 Å². The van der Waals surface area contributed by atoms with E-state index >= 15 is 0 Å². The molecule has 1 aromatic carbocycles. The van der Waals surface area contributed by atoms with E-state index < -0.39 is 5.97 Å². The fourth-order valence-electron chi connectivity index (χ4n) is 1.98. The number of carboxylic acids is 1. The van der Waals surface area contributed by atoms with E-state index in [4.69, 9.17) is 16.7 Å². The van der Waals surface area contributed by atoms with Crippen molar-refractivity contribution in [2.75, 3.05) is 31.5 Å². The van der Waals surface area contributed by atoms with Gasteiger partial charge in [0, 0.05) is 13.1 Å². The number of halogens is 1. The van der Waals surface area contributed by atoms with Gasteiger partial charge in [0.2, 0.25) is 0 Å². The van der Waals surface area contributed by atoms with Crippen LogP contribution < -0.4 is 5.32 Å². The van der Waals surface area contributed by atoms with Gasteiger partial charge in [-0.25, -0.2) is 4.79 Å². The second kappa shape index (κ2) is 8.02. The standard InChI is InChI=1S/C14H21ClN2O2/c1-3-9-17(4-2)10-8-16-12-7-5-6-11(15)13(12)14(18)19/h5-7,16H,3-4,8-10H2,1-2H3,(H,18,19). The summed E-state index contributed by atoms with van der Waals surface area (Å²) in [4.78, 5) is 13.5. The highest BCUT2D eigenvalue weighted by Crippen LogP contribution is 2.24. The molecule has 0 saturated carbocycles. The highest BCUT2D eigenvalue weighted by atomic mass is 35.5. The number of nitrogens with one attached hydrogen (secondary N) is 1. The van der Waals surface area contributed by atoms with E-state index in [1.165, 1.54) is 0 Å². The van der Waals surface area contributed by atoms with Gasteiger partial charge in [0.05, 0.1) is 10.7 Å². The maximum absolute atomic E-state index is 11.2. The number of carboxylic acid groups (broad SMARTS) is 1. The van der Waals surface area contributed by atoms with Crippen molar-refractivity contribution in [1.29, 1.82) is 0 Å². The number of likely N-dealkylation sites (N-methyl/N-ethyl adjacent to an activating group) is 1. The predicted molar refractivity (Wildman–Crippen MR) is 79.3 cm³/mol. The lowest BCUT2D eigenvalue weighted by Gasteiger charge is -2.20. The highest BCUT2D eigenvalue weighted by molar-refractivity contribution is 6.34. The molecule has 0 aromatic heterocycles. The van der Waals surface area contributed by atoms with Crippen molar-refractivity contribution >= 4 is 23.3 Å². The van der Waals surface area contributed by atoms with Gasteiger partial charge in [-0.05, 0) is 31.6 Å². The van der Waals surface area contributed by atoms with Gasteiger partial charge in [-0.3, -0.25) is 0 Å². The maximum atomic E-state index is 11.2. The zero-order chi connectivity index (χ0) is 14.3. The number of aromatic carboxylic acids is 1. The van der Waals surface area contributed by atoms with E-state index in [2.05, 4.69) is 24.1 Å². The van der Waals surface area contributed by atoms with Crippen molar-refractivity contribution in [3.8, 4) is 0 Å². The molecule has 0 bridgehead atoms. The SMILES string of the molecule is CCCN(CC)CCNc1cccc(Cl)c1C(=O)O. The smallest absolute Gasteiger partial charge is 0.339 e. The summed E-state index contributed by atoms with van der Waals surface area (Å²) in [5.74, 6) is -1.01. The summed E-state index contributed by atoms with van der Waals surface area (Å²) in [5.41, 5.74) is 0.718. The predicted octanol–water partition coefficient (Wildman–Crippen LogP) is 3.18. The summed E-state index contributed by atoms with van der Waals surface area (Å²) in [6.45, 7) is 7.91. The van der Waals surface area contributed by atoms with Gasteiger partial charge in [-0.15, -0.1) is 0 Å². The molecule has 1 aromatic rings. The molecule has 0 aliphatic carbocycles. The van der Waals surface area contributed by atoms with Crippen molar-refractivity contribution in [1.82, 2.24) is 4.90 Å². The Morgan fingerprint density at radius 3 is 2.68 bits per heavy atom. The fraction of sp³-hybridized carbons (Fsp3) is 0.500. The Kier molecular flexibility index (Phi) is 6.67. The number of hydrogen-bond donors (Lipinski definition) is 2. The zero-order valence-corrected chi connectivity index (χ0v) is 12.2. The molecule has 0 amide bonds. The Bertz CT molecular complexity index is 424. The molecule has 0 radical (unpaired) electrons. The van der Waals surface area contributed by atoms with Gasteiger partial charge in [-0.1, -0.05) is 31.5 Å². The Balaban J connectivity index is 2.63. The summed E-state index contributed by atoms with van der Waals surface area (Å²) in [7, 11) is 0. The third kappa shape index (κ3) is 4.73. The van der Waals surface area contributed by atoms with Gasteiger partial charge >= 0.3 is 5.97 Å². The first-order chi connectivity index (χ1) is 9.10. The zero-order valence-electron chi connectivity index (χ0n) is 11.4. The van der Waals surface area contributed by atoms with Gasteiger partial charge < -0.3 is 15.3 Å². The molecule has 1 rings (SSSR count). The first-order valence-corrected chi connectivity index (χ1v) is 6.96. The average Bonchev–Trinajstić information content (AvgIpc) is 2.37. The molecule has 0 fully saturated rings. The molecular formula is C14H21ClN2O2. The summed E-state index contributed by atoms with van der Waals surface area (Å²) in [6.07, 6.45) is 1.12. The Labute approximate surface area is 119 Å². The van der Waals surface area contributed by atoms with Gasteiger partial charge in [-0.2, -0.15) is 0 Å². The molecule has 0 saturated heterocycles. The molecule has 0 spiro atoms. The minimum Gasteiger partial charge on any atom is -0.478 e. The maximum Gasteiger partial charge on any atom is 0.339 e. The third-order valence-corrected chi connectivity index (χ3v) is 3.27. The van der Waals surface area contributed by atoms with Crippen molar-refractivity contribution in [3.05, 3.63) is 28.8 Å². The molecule has 19 heavy (non-hydrogen) atoms. The first kappa shape index (κ1) is 15.8. The highest BCUT2D eigenvalue weighted by Gasteiger charge is 2.13. The lowest BCUT2D eigenvalue weighted by atomic mass is 10.2. The van der Waals surface area contributed by atoms with Crippen LogP contribution in [0, 0.1) is 0 Å². The molecular weight excluding hydrogens is 264 g/mol. The van der Waals surface area contributed by atoms with Crippen LogP contribution in [0.2, 0.25) is 5.02 Å². The average molecular weight is 285 g/mol. The second-order valence-corrected chi connectivity index (χ2v) is 4.74. The van der Waals surface area contributed by atoms with Crippen LogP contribution in [0.3, 0.4) is 0 Å². The summed E-state index contributed by atoms with van der Waals surface area (Å²) >= 11 is 5.91. The Hall–Kier alpha value is -1.26. The minimum absolute atomic E-state index is 0.141. The van der Waals surface area contributed by atoms with Crippen LogP contribution >= 0.6 is 11.6 Å². The summed E-state index contributed by atoms with van der Waals surface area (Å²) in [6, 6.07) is 5.08. The molecule has 0 aliphatic rings. The van der Waals surface area contributed by atoms with E-state index in [0.29, 0.717) is 12.2 Å². The number of rotatable bonds is 8. The topological polar surface area (TPSA) is 52.6 Å². The molecule has 0 unspecified atom stereocenters. The molecule has 0 aliphatic heterocycles. The molecule has 0 atom stereocenters. The van der Waals surface area contributed by atoms with E-state index in [1.54, 1.807) is 18.2 Å². The quantitative estimate of drug-likeness (QED) is 0.770. The fourth-order valence-corrected chi connectivity index (χ4v) is 2.24. The van der Waals surface area contributed by atoms with Gasteiger partial charge in [0.25, 0.3) is 0 Å². The number of anilines is 1. The summed E-state index contributed by atoms with van der Waals surface area (Å²) < 4.78 is 0. The third-order valence-electron chi connectivity index (χ3n) is 2.96. The minimum atomic E-state index is -1.01. The second-order valence-electron chi connectivity index (χ2n) is 4.33. The van der Waals surface area contributed by atoms with Crippen LogP contribution in [0.25, 0.3) is 0 Å². The van der Waals surface area contributed by atoms with E-state index in [9.17, 15) is 4.79 Å². The van der Waals surface area contributed by atoms with Gasteiger partial charge in [0.1, 0.15) is 5.56 Å². The number of hydrogen-bond acceptors (Lipinski definition) is 3. The van der Waals surface area contributed by atoms with Crippen molar-refractivity contribution < 1.29 is 9.90 Å². The van der Waals surface area contributed by atoms with E-state index in [1.807, 2.05) is 0 Å². The van der Waals surface area contributed by atoms with Crippen LogP contribution in [0.15, 0.2) is 18.2 Å². The molecule has 4 nitrogen and oxygen atoms in total. The van der Waals surface area contributed by atoms with Crippen molar-refractivity contribution in [2.45, 2.75) is 20.3 Å². The van der Waals surface area contributed by atoms with E-state index in [-0.39, 0.29) is 10.6 Å². The van der Waals surface area contributed by atoms with Crippen LogP contribution in [-0.2, 0) is 0 Å².